The molecular formula is C19H25F3N4O2S. The average Bonchev–Trinajstić information content (AvgIpc) is 3.00. The summed E-state index contributed by atoms with van der Waals surface area (Å²) in [5.41, 5.74) is 0.610. The molecule has 29 heavy (non-hydrogen) atoms. The van der Waals surface area contributed by atoms with Crippen LogP contribution in [0.3, 0.4) is 0 Å². The number of hydrogen-bond donors (Lipinski definition) is 1. The summed E-state index contributed by atoms with van der Waals surface area (Å²) in [6.45, 7) is 5.60. The van der Waals surface area contributed by atoms with E-state index >= 15 is 0 Å². The van der Waals surface area contributed by atoms with E-state index in [1.165, 1.54) is 24.3 Å². The Morgan fingerprint density at radius 3 is 2.52 bits per heavy atom. The molecular weight excluding hydrogens is 405 g/mol. The summed E-state index contributed by atoms with van der Waals surface area (Å²) >= 11 is 1.56. The summed E-state index contributed by atoms with van der Waals surface area (Å²) in [7, 11) is 0. The van der Waals surface area contributed by atoms with Crippen molar-refractivity contribution in [3.63, 3.8) is 0 Å². The molecule has 0 fully saturated rings. The Morgan fingerprint density at radius 1 is 1.24 bits per heavy atom. The van der Waals surface area contributed by atoms with Gasteiger partial charge in [-0.25, -0.2) is 0 Å². The van der Waals surface area contributed by atoms with Crippen molar-refractivity contribution in [3.05, 3.63) is 35.7 Å². The van der Waals surface area contributed by atoms with Gasteiger partial charge in [0.25, 0.3) is 0 Å². The molecule has 0 aliphatic rings. The minimum atomic E-state index is -4.73. The van der Waals surface area contributed by atoms with Gasteiger partial charge in [-0.3, -0.25) is 4.79 Å². The molecule has 2 rings (SSSR count). The number of halogens is 3. The number of carbonyl (C=O) groups excluding carboxylic acids is 1. The van der Waals surface area contributed by atoms with Crippen molar-refractivity contribution in [2.45, 2.75) is 51.2 Å². The maximum Gasteiger partial charge on any atom is 0.573 e. The number of aryl methyl sites for hydroxylation is 1. The topological polar surface area (TPSA) is 69.0 Å². The number of ether oxygens (including phenoxy) is 1. The Labute approximate surface area is 172 Å². The van der Waals surface area contributed by atoms with Crippen molar-refractivity contribution in [2.75, 3.05) is 12.8 Å². The zero-order valence-corrected chi connectivity index (χ0v) is 17.4. The van der Waals surface area contributed by atoms with Gasteiger partial charge in [-0.1, -0.05) is 37.7 Å². The van der Waals surface area contributed by atoms with E-state index in [0.29, 0.717) is 30.9 Å². The van der Waals surface area contributed by atoms with Crippen molar-refractivity contribution in [1.82, 2.24) is 20.1 Å². The first-order valence-electron chi connectivity index (χ1n) is 9.25. The minimum absolute atomic E-state index is 0.0897. The first-order chi connectivity index (χ1) is 13.7. The summed E-state index contributed by atoms with van der Waals surface area (Å²) in [6.07, 6.45) is -1.26. The smallest absolute Gasteiger partial charge is 0.406 e. The highest BCUT2D eigenvalue weighted by Gasteiger charge is 2.30. The molecule has 1 heterocycles. The first-order valence-corrected chi connectivity index (χ1v) is 10.5. The summed E-state index contributed by atoms with van der Waals surface area (Å²) in [6, 6.07) is 5.28. The highest BCUT2D eigenvalue weighted by atomic mass is 32.2. The van der Waals surface area contributed by atoms with Gasteiger partial charge in [0.2, 0.25) is 5.91 Å². The quantitative estimate of drug-likeness (QED) is 0.458. The van der Waals surface area contributed by atoms with E-state index in [1.807, 2.05) is 6.26 Å². The first kappa shape index (κ1) is 23.1. The molecule has 0 bridgehead atoms. The lowest BCUT2D eigenvalue weighted by molar-refractivity contribution is -0.274. The van der Waals surface area contributed by atoms with Gasteiger partial charge < -0.3 is 14.6 Å². The third-order valence-electron chi connectivity index (χ3n) is 3.94. The molecule has 0 aliphatic heterocycles. The van der Waals surface area contributed by atoms with Crippen molar-refractivity contribution in [2.24, 2.45) is 5.92 Å². The number of carbonyl (C=O) groups is 1. The van der Waals surface area contributed by atoms with E-state index in [1.54, 1.807) is 11.8 Å². The molecule has 0 spiro atoms. The van der Waals surface area contributed by atoms with Crippen molar-refractivity contribution >= 4 is 17.7 Å². The molecule has 1 amide bonds. The lowest BCUT2D eigenvalue weighted by atomic mass is 10.1. The second-order valence-corrected chi connectivity index (χ2v) is 7.70. The van der Waals surface area contributed by atoms with E-state index < -0.39 is 6.36 Å². The van der Waals surface area contributed by atoms with Crippen LogP contribution in [0.15, 0.2) is 29.4 Å². The van der Waals surface area contributed by atoms with Gasteiger partial charge in [-0.05, 0) is 36.3 Å². The summed E-state index contributed by atoms with van der Waals surface area (Å²) < 4.78 is 42.4. The van der Waals surface area contributed by atoms with Gasteiger partial charge in [-0.2, -0.15) is 0 Å². The van der Waals surface area contributed by atoms with Crippen LogP contribution in [0.4, 0.5) is 13.2 Å². The number of nitrogens with zero attached hydrogens (tertiary/aromatic N) is 3. The zero-order chi connectivity index (χ0) is 21.4. The number of thioether (sulfide) groups is 1. The van der Waals surface area contributed by atoms with Gasteiger partial charge in [0.05, 0.1) is 6.42 Å². The number of alkyl halides is 3. The third kappa shape index (κ3) is 7.96. The summed E-state index contributed by atoms with van der Waals surface area (Å²) in [4.78, 5) is 12.0. The van der Waals surface area contributed by atoms with E-state index in [0.717, 1.165) is 17.5 Å². The fraction of sp³-hybridized carbons (Fsp3) is 0.526. The molecule has 1 aromatic heterocycles. The van der Waals surface area contributed by atoms with Crippen molar-refractivity contribution in [1.29, 1.82) is 0 Å². The van der Waals surface area contributed by atoms with Crippen LogP contribution in [0.1, 0.15) is 31.7 Å². The summed E-state index contributed by atoms with van der Waals surface area (Å²) in [5, 5.41) is 12.1. The van der Waals surface area contributed by atoms with Crippen LogP contribution in [-0.2, 0) is 24.2 Å². The molecule has 6 nitrogen and oxygen atoms in total. The standard InChI is InChI=1S/C19H25F3N4O2S/c1-13(2)12-26-16(24-25-18(26)29-3)5-4-10-23-17(27)11-14-6-8-15(9-7-14)28-19(20,21)22/h6-9,13H,4-5,10-12H2,1-3H3,(H,23,27). The van der Waals surface area contributed by atoms with E-state index in [2.05, 4.69) is 38.7 Å². The van der Waals surface area contributed by atoms with Gasteiger partial charge in [-0.15, -0.1) is 23.4 Å². The maximum atomic E-state index is 12.2. The number of hydrogen-bond acceptors (Lipinski definition) is 5. The Kier molecular flexibility index (Phi) is 8.36. The molecule has 10 heteroatoms. The van der Waals surface area contributed by atoms with Crippen LogP contribution in [-0.4, -0.2) is 39.8 Å². The van der Waals surface area contributed by atoms with Crippen LogP contribution < -0.4 is 10.1 Å². The van der Waals surface area contributed by atoms with Gasteiger partial charge in [0.15, 0.2) is 5.16 Å². The maximum absolute atomic E-state index is 12.2. The fourth-order valence-corrected chi connectivity index (χ4v) is 3.26. The van der Waals surface area contributed by atoms with Crippen LogP contribution >= 0.6 is 11.8 Å². The van der Waals surface area contributed by atoms with Gasteiger partial charge >= 0.3 is 6.36 Å². The zero-order valence-electron chi connectivity index (χ0n) is 16.6. The number of nitrogens with one attached hydrogen (secondary N) is 1. The monoisotopic (exact) mass is 430 g/mol. The lowest BCUT2D eigenvalue weighted by Crippen LogP contribution is -2.26. The molecule has 0 atom stereocenters. The number of amides is 1. The van der Waals surface area contributed by atoms with E-state index in [-0.39, 0.29) is 18.1 Å². The Hall–Kier alpha value is -2.23. The second kappa shape index (κ2) is 10.5. The Bertz CT molecular complexity index is 792. The molecule has 1 aromatic carbocycles. The second-order valence-electron chi connectivity index (χ2n) is 6.93. The largest absolute Gasteiger partial charge is 0.573 e. The predicted octanol–water partition coefficient (Wildman–Crippen LogP) is 3.85. The Balaban J connectivity index is 1.77. The van der Waals surface area contributed by atoms with E-state index in [4.69, 9.17) is 0 Å². The lowest BCUT2D eigenvalue weighted by Gasteiger charge is -2.12. The molecule has 2 aromatic rings. The molecule has 0 saturated carbocycles. The average molecular weight is 430 g/mol. The number of aromatic nitrogens is 3. The van der Waals surface area contributed by atoms with Crippen LogP contribution in [0.2, 0.25) is 0 Å². The molecule has 0 saturated heterocycles. The van der Waals surface area contributed by atoms with Crippen LogP contribution in [0, 0.1) is 5.92 Å². The SMILES string of the molecule is CSc1nnc(CCCNC(=O)Cc2ccc(OC(F)(F)F)cc2)n1CC(C)C. The van der Waals surface area contributed by atoms with Crippen molar-refractivity contribution < 1.29 is 22.7 Å². The van der Waals surface area contributed by atoms with Crippen LogP contribution in [0.5, 0.6) is 5.75 Å². The predicted molar refractivity (Wildman–Crippen MR) is 105 cm³/mol. The normalized spacial score (nSPS) is 11.7. The highest BCUT2D eigenvalue weighted by Crippen LogP contribution is 2.22. The molecule has 0 unspecified atom stereocenters. The minimum Gasteiger partial charge on any atom is -0.406 e. The number of rotatable bonds is 10. The number of benzene rings is 1. The van der Waals surface area contributed by atoms with E-state index in [9.17, 15) is 18.0 Å². The van der Waals surface area contributed by atoms with Gasteiger partial charge in [0, 0.05) is 19.5 Å². The fourth-order valence-electron chi connectivity index (χ4n) is 2.73. The highest BCUT2D eigenvalue weighted by molar-refractivity contribution is 7.98. The molecule has 1 N–H and O–H groups in total. The van der Waals surface area contributed by atoms with Crippen LogP contribution in [0.25, 0.3) is 0 Å². The van der Waals surface area contributed by atoms with Gasteiger partial charge in [0.1, 0.15) is 11.6 Å². The summed E-state index contributed by atoms with van der Waals surface area (Å²) in [5.74, 6) is 0.876. The molecule has 0 radical (unpaired) electrons. The molecule has 0 aliphatic carbocycles. The third-order valence-corrected chi connectivity index (χ3v) is 4.61. The van der Waals surface area contributed by atoms with Crippen molar-refractivity contribution in [3.8, 4) is 5.75 Å². The Morgan fingerprint density at radius 2 is 1.93 bits per heavy atom. The molecule has 160 valence electrons.